The zero-order valence-electron chi connectivity index (χ0n) is 11.0. The highest BCUT2D eigenvalue weighted by Gasteiger charge is 2.10. The van der Waals surface area contributed by atoms with Crippen molar-refractivity contribution >= 4 is 0 Å². The molecule has 3 nitrogen and oxygen atoms in total. The number of ether oxygens (including phenoxy) is 1. The molecule has 0 bridgehead atoms. The van der Waals surface area contributed by atoms with Crippen LogP contribution in [0.15, 0.2) is 24.3 Å². The molecule has 0 aliphatic heterocycles. The number of benzene rings is 1. The summed E-state index contributed by atoms with van der Waals surface area (Å²) in [6.07, 6.45) is 0. The molecule has 0 spiro atoms. The number of hydrogen-bond acceptors (Lipinski definition) is 3. The summed E-state index contributed by atoms with van der Waals surface area (Å²) in [5.74, 6) is 0.983. The molecule has 3 heteroatoms. The van der Waals surface area contributed by atoms with E-state index in [1.165, 1.54) is 0 Å². The Kier molecular flexibility index (Phi) is 6.01. The van der Waals surface area contributed by atoms with Crippen LogP contribution in [0.3, 0.4) is 0 Å². The lowest BCUT2D eigenvalue weighted by atomic mass is 10.1. The van der Waals surface area contributed by atoms with Crippen LogP contribution in [0.2, 0.25) is 0 Å². The molecule has 0 heterocycles. The van der Waals surface area contributed by atoms with Gasteiger partial charge in [0.25, 0.3) is 0 Å². The van der Waals surface area contributed by atoms with Gasteiger partial charge in [0.05, 0.1) is 6.61 Å². The first-order valence-corrected chi connectivity index (χ1v) is 6.11. The van der Waals surface area contributed by atoms with Crippen molar-refractivity contribution in [2.75, 3.05) is 26.8 Å². The lowest BCUT2D eigenvalue weighted by Gasteiger charge is -2.24. The molecule has 0 atom stereocenters. The molecule has 0 unspecified atom stereocenters. The van der Waals surface area contributed by atoms with Crippen molar-refractivity contribution in [1.29, 1.82) is 0 Å². The molecule has 0 fully saturated rings. The lowest BCUT2D eigenvalue weighted by molar-refractivity contribution is 0.135. The normalized spacial score (nSPS) is 11.4. The summed E-state index contributed by atoms with van der Waals surface area (Å²) in [4.78, 5) is 2.31. The molecule has 1 rings (SSSR count). The first-order chi connectivity index (χ1) is 8.13. The van der Waals surface area contributed by atoms with Gasteiger partial charge in [-0.15, -0.1) is 0 Å². The van der Waals surface area contributed by atoms with Crippen LogP contribution in [0, 0.1) is 5.92 Å². The summed E-state index contributed by atoms with van der Waals surface area (Å²) in [6, 6.07) is 7.51. The number of para-hydroxylation sites is 1. The quantitative estimate of drug-likeness (QED) is 0.791. The van der Waals surface area contributed by atoms with Gasteiger partial charge in [0.2, 0.25) is 0 Å². The van der Waals surface area contributed by atoms with E-state index in [9.17, 15) is 5.11 Å². The van der Waals surface area contributed by atoms with E-state index in [4.69, 9.17) is 4.74 Å². The second-order valence-electron chi connectivity index (χ2n) is 4.75. The van der Waals surface area contributed by atoms with Crippen LogP contribution < -0.4 is 0 Å². The van der Waals surface area contributed by atoms with E-state index < -0.39 is 0 Å². The van der Waals surface area contributed by atoms with Crippen LogP contribution in [0.5, 0.6) is 5.75 Å². The van der Waals surface area contributed by atoms with E-state index in [2.05, 4.69) is 18.7 Å². The van der Waals surface area contributed by atoms with Crippen LogP contribution in [0.1, 0.15) is 19.4 Å². The first-order valence-electron chi connectivity index (χ1n) is 6.11. The van der Waals surface area contributed by atoms with Gasteiger partial charge in [0, 0.05) is 32.3 Å². The Morgan fingerprint density at radius 2 is 2.00 bits per heavy atom. The zero-order valence-corrected chi connectivity index (χ0v) is 11.0. The van der Waals surface area contributed by atoms with Crippen LogP contribution in [0.25, 0.3) is 0 Å². The smallest absolute Gasteiger partial charge is 0.120 e. The molecule has 0 amide bonds. The predicted molar refractivity (Wildman–Crippen MR) is 70.1 cm³/mol. The fraction of sp³-hybridized carbons (Fsp3) is 0.571. The van der Waals surface area contributed by atoms with Gasteiger partial charge in [-0.2, -0.15) is 0 Å². The summed E-state index contributed by atoms with van der Waals surface area (Å²) in [7, 11) is 1.72. The molecule has 96 valence electrons. The van der Waals surface area contributed by atoms with E-state index in [0.29, 0.717) is 11.7 Å². The fourth-order valence-corrected chi connectivity index (χ4v) is 1.86. The number of phenolic OH excluding ortho intramolecular Hbond substituents is 1. The minimum absolute atomic E-state index is 0.374. The van der Waals surface area contributed by atoms with Crippen molar-refractivity contribution in [3.05, 3.63) is 29.8 Å². The van der Waals surface area contributed by atoms with Gasteiger partial charge in [0.15, 0.2) is 0 Å². The fourth-order valence-electron chi connectivity index (χ4n) is 1.86. The molecule has 0 aliphatic carbocycles. The summed E-state index contributed by atoms with van der Waals surface area (Å²) >= 11 is 0. The third-order valence-corrected chi connectivity index (χ3v) is 2.62. The van der Waals surface area contributed by atoms with E-state index in [-0.39, 0.29) is 0 Å². The molecule has 1 aromatic carbocycles. The average Bonchev–Trinajstić information content (AvgIpc) is 2.28. The molecule has 0 saturated carbocycles. The molecular formula is C14H23NO2. The SMILES string of the molecule is COCCN(Cc1ccccc1O)CC(C)C. The van der Waals surface area contributed by atoms with Crippen molar-refractivity contribution in [2.24, 2.45) is 5.92 Å². The maximum atomic E-state index is 9.76. The van der Waals surface area contributed by atoms with Gasteiger partial charge < -0.3 is 9.84 Å². The molecule has 0 radical (unpaired) electrons. The van der Waals surface area contributed by atoms with Gasteiger partial charge in [-0.05, 0) is 12.0 Å². The second kappa shape index (κ2) is 7.30. The van der Waals surface area contributed by atoms with Crippen LogP contribution >= 0.6 is 0 Å². The average molecular weight is 237 g/mol. The first kappa shape index (κ1) is 14.0. The Bertz CT molecular complexity index is 326. The summed E-state index contributed by atoms with van der Waals surface area (Å²) in [5, 5.41) is 9.76. The summed E-state index contributed by atoms with van der Waals surface area (Å²) < 4.78 is 5.12. The highest BCUT2D eigenvalue weighted by atomic mass is 16.5. The third-order valence-electron chi connectivity index (χ3n) is 2.62. The molecule has 1 aromatic rings. The van der Waals surface area contributed by atoms with E-state index in [1.54, 1.807) is 13.2 Å². The molecule has 17 heavy (non-hydrogen) atoms. The van der Waals surface area contributed by atoms with Gasteiger partial charge in [-0.25, -0.2) is 0 Å². The van der Waals surface area contributed by atoms with Gasteiger partial charge in [-0.3, -0.25) is 4.90 Å². The second-order valence-corrected chi connectivity index (χ2v) is 4.75. The van der Waals surface area contributed by atoms with Crippen molar-refractivity contribution in [3.8, 4) is 5.75 Å². The standard InChI is InChI=1S/C14H23NO2/c1-12(2)10-15(8-9-17-3)11-13-6-4-5-7-14(13)16/h4-7,12,16H,8-11H2,1-3H3. The molecule has 0 saturated heterocycles. The Morgan fingerprint density at radius 1 is 1.29 bits per heavy atom. The maximum absolute atomic E-state index is 9.76. The van der Waals surface area contributed by atoms with E-state index >= 15 is 0 Å². The van der Waals surface area contributed by atoms with Crippen LogP contribution in [0.4, 0.5) is 0 Å². The Morgan fingerprint density at radius 3 is 2.59 bits per heavy atom. The summed E-state index contributed by atoms with van der Waals surface area (Å²) in [5.41, 5.74) is 0.976. The number of nitrogens with zero attached hydrogens (tertiary/aromatic N) is 1. The number of methoxy groups -OCH3 is 1. The Balaban J connectivity index is 2.61. The Hall–Kier alpha value is -1.06. The molecule has 1 N–H and O–H groups in total. The van der Waals surface area contributed by atoms with Crippen LogP contribution in [-0.4, -0.2) is 36.8 Å². The topological polar surface area (TPSA) is 32.7 Å². The third kappa shape index (κ3) is 5.20. The number of phenols is 1. The Labute approximate surface area is 104 Å². The van der Waals surface area contributed by atoms with Crippen molar-refractivity contribution in [3.63, 3.8) is 0 Å². The van der Waals surface area contributed by atoms with Crippen LogP contribution in [-0.2, 0) is 11.3 Å². The van der Waals surface area contributed by atoms with Gasteiger partial charge >= 0.3 is 0 Å². The van der Waals surface area contributed by atoms with E-state index in [1.807, 2.05) is 18.2 Å². The van der Waals surface area contributed by atoms with Crippen molar-refractivity contribution in [2.45, 2.75) is 20.4 Å². The lowest BCUT2D eigenvalue weighted by Crippen LogP contribution is -2.30. The molecular weight excluding hydrogens is 214 g/mol. The minimum Gasteiger partial charge on any atom is -0.508 e. The molecule has 0 aromatic heterocycles. The van der Waals surface area contributed by atoms with Gasteiger partial charge in [0.1, 0.15) is 5.75 Å². The van der Waals surface area contributed by atoms with Crippen molar-refractivity contribution < 1.29 is 9.84 Å². The summed E-state index contributed by atoms with van der Waals surface area (Å²) in [6.45, 7) is 7.80. The monoisotopic (exact) mass is 237 g/mol. The molecule has 0 aliphatic rings. The van der Waals surface area contributed by atoms with Gasteiger partial charge in [-0.1, -0.05) is 32.0 Å². The highest BCUT2D eigenvalue weighted by Crippen LogP contribution is 2.18. The number of rotatable bonds is 7. The van der Waals surface area contributed by atoms with E-state index in [0.717, 1.165) is 31.8 Å². The largest absolute Gasteiger partial charge is 0.508 e. The van der Waals surface area contributed by atoms with Crippen molar-refractivity contribution in [1.82, 2.24) is 4.90 Å². The highest BCUT2D eigenvalue weighted by molar-refractivity contribution is 5.31. The maximum Gasteiger partial charge on any atom is 0.120 e. The number of hydrogen-bond donors (Lipinski definition) is 1. The minimum atomic E-state index is 0.374. The predicted octanol–water partition coefficient (Wildman–Crippen LogP) is 2.50. The zero-order chi connectivity index (χ0) is 12.7. The number of aromatic hydroxyl groups is 1.